The first-order chi connectivity index (χ1) is 32.0. The average molecular weight is 907 g/mol. The summed E-state index contributed by atoms with van der Waals surface area (Å²) in [6, 6.07) is 0. The van der Waals surface area contributed by atoms with E-state index in [1.165, 1.54) is 154 Å². The van der Waals surface area contributed by atoms with Crippen molar-refractivity contribution >= 4 is 17.9 Å². The maximum absolute atomic E-state index is 12.8. The SMILES string of the molecule is CCCCC/C=C\C/C=C\C/C=C\C/C=C\CCCC(=O)OCC(COC(=O)CCCCCCCCC/C=C\CCCCCC)OC(=O)CCCCCCCCC/C=C\CCCCCC. The van der Waals surface area contributed by atoms with Crippen molar-refractivity contribution in [3.63, 3.8) is 0 Å². The zero-order valence-corrected chi connectivity index (χ0v) is 42.7. The Hall–Kier alpha value is -3.15. The molecule has 0 spiro atoms. The first-order valence-corrected chi connectivity index (χ1v) is 27.4. The van der Waals surface area contributed by atoms with Gasteiger partial charge >= 0.3 is 17.9 Å². The van der Waals surface area contributed by atoms with Crippen molar-refractivity contribution in [1.82, 2.24) is 0 Å². The predicted molar refractivity (Wildman–Crippen MR) is 279 cm³/mol. The molecule has 0 aromatic heterocycles. The minimum Gasteiger partial charge on any atom is -0.462 e. The van der Waals surface area contributed by atoms with Crippen molar-refractivity contribution < 1.29 is 28.6 Å². The third-order valence-electron chi connectivity index (χ3n) is 11.7. The van der Waals surface area contributed by atoms with Gasteiger partial charge in [0.1, 0.15) is 13.2 Å². The molecule has 0 aliphatic carbocycles. The fourth-order valence-electron chi connectivity index (χ4n) is 7.48. The molecule has 0 aromatic carbocycles. The molecule has 0 aliphatic heterocycles. The van der Waals surface area contributed by atoms with Crippen molar-refractivity contribution in [2.45, 2.75) is 271 Å². The van der Waals surface area contributed by atoms with Gasteiger partial charge in [-0.25, -0.2) is 0 Å². The normalized spacial score (nSPS) is 12.6. The third-order valence-corrected chi connectivity index (χ3v) is 11.7. The quantitative estimate of drug-likeness (QED) is 0.0262. The first-order valence-electron chi connectivity index (χ1n) is 27.4. The minimum absolute atomic E-state index is 0.0959. The Bertz CT molecular complexity index is 1230. The van der Waals surface area contributed by atoms with Crippen LogP contribution in [0.15, 0.2) is 72.9 Å². The molecule has 1 atom stereocenters. The number of unbranched alkanes of at least 4 members (excludes halogenated alkanes) is 26. The van der Waals surface area contributed by atoms with Crippen LogP contribution in [0.1, 0.15) is 265 Å². The van der Waals surface area contributed by atoms with E-state index in [2.05, 4.69) is 93.7 Å². The highest BCUT2D eigenvalue weighted by Crippen LogP contribution is 2.14. The number of esters is 3. The molecule has 0 rings (SSSR count). The van der Waals surface area contributed by atoms with Crippen LogP contribution in [-0.4, -0.2) is 37.2 Å². The number of hydrogen-bond donors (Lipinski definition) is 0. The molecule has 0 saturated carbocycles. The van der Waals surface area contributed by atoms with Crippen LogP contribution in [0, 0.1) is 0 Å². The average Bonchev–Trinajstić information content (AvgIpc) is 3.30. The van der Waals surface area contributed by atoms with E-state index >= 15 is 0 Å². The highest BCUT2D eigenvalue weighted by molar-refractivity contribution is 5.71. The van der Waals surface area contributed by atoms with Gasteiger partial charge in [-0.05, 0) is 109 Å². The zero-order chi connectivity index (χ0) is 47.2. The molecular weight excluding hydrogens is 805 g/mol. The Kier molecular flexibility index (Phi) is 50.9. The molecule has 374 valence electrons. The molecule has 6 nitrogen and oxygen atoms in total. The summed E-state index contributed by atoms with van der Waals surface area (Å²) in [6.45, 7) is 6.54. The highest BCUT2D eigenvalue weighted by Gasteiger charge is 2.19. The summed E-state index contributed by atoms with van der Waals surface area (Å²) in [5, 5.41) is 0. The van der Waals surface area contributed by atoms with E-state index in [1.54, 1.807) is 0 Å². The van der Waals surface area contributed by atoms with Crippen LogP contribution in [-0.2, 0) is 28.6 Å². The van der Waals surface area contributed by atoms with Gasteiger partial charge in [-0.15, -0.1) is 0 Å². The van der Waals surface area contributed by atoms with Crippen LogP contribution in [0.3, 0.4) is 0 Å². The number of ether oxygens (including phenoxy) is 3. The van der Waals surface area contributed by atoms with E-state index in [-0.39, 0.29) is 37.5 Å². The molecule has 0 amide bonds. The van der Waals surface area contributed by atoms with Gasteiger partial charge in [0.2, 0.25) is 0 Å². The summed E-state index contributed by atoms with van der Waals surface area (Å²) < 4.78 is 16.8. The maximum atomic E-state index is 12.8. The van der Waals surface area contributed by atoms with Crippen molar-refractivity contribution in [2.24, 2.45) is 0 Å². The van der Waals surface area contributed by atoms with E-state index < -0.39 is 6.10 Å². The van der Waals surface area contributed by atoms with Crippen LogP contribution in [0.5, 0.6) is 0 Å². The predicted octanol–water partition coefficient (Wildman–Crippen LogP) is 18.2. The molecule has 65 heavy (non-hydrogen) atoms. The van der Waals surface area contributed by atoms with Crippen molar-refractivity contribution in [3.8, 4) is 0 Å². The molecular formula is C59H102O6. The zero-order valence-electron chi connectivity index (χ0n) is 42.7. The monoisotopic (exact) mass is 907 g/mol. The minimum atomic E-state index is -0.801. The molecule has 0 aromatic rings. The van der Waals surface area contributed by atoms with Gasteiger partial charge in [-0.2, -0.15) is 0 Å². The lowest BCUT2D eigenvalue weighted by molar-refractivity contribution is -0.167. The van der Waals surface area contributed by atoms with E-state index in [1.807, 2.05) is 0 Å². The smallest absolute Gasteiger partial charge is 0.306 e. The summed E-state index contributed by atoms with van der Waals surface area (Å²) in [5.41, 5.74) is 0. The molecule has 0 radical (unpaired) electrons. The molecule has 0 bridgehead atoms. The second-order valence-corrected chi connectivity index (χ2v) is 18.1. The summed E-state index contributed by atoms with van der Waals surface area (Å²) in [6.07, 6.45) is 67.4. The van der Waals surface area contributed by atoms with Gasteiger partial charge in [0.05, 0.1) is 0 Å². The van der Waals surface area contributed by atoms with Crippen LogP contribution >= 0.6 is 0 Å². The van der Waals surface area contributed by atoms with Crippen molar-refractivity contribution in [2.75, 3.05) is 13.2 Å². The number of carbonyl (C=O) groups excluding carboxylic acids is 3. The standard InChI is InChI=1S/C59H102O6/c1-4-7-10-13-16-19-22-25-28-29-32-34-37-40-43-46-49-52-58(61)64-55-56(65-59(62)53-50-47-44-41-38-35-31-27-24-21-18-15-12-9-6-3)54-63-57(60)51-48-45-42-39-36-33-30-26-23-20-17-14-11-8-5-2/h16,19-21,23-25,28,32,34,40,43,56H,4-15,17-18,22,26-27,29-31,33,35-39,41-42,44-55H2,1-3H3/b19-16-,23-20-,24-21-,28-25-,34-32-,43-40-. The second kappa shape index (κ2) is 53.5. The summed E-state index contributed by atoms with van der Waals surface area (Å²) in [7, 11) is 0. The molecule has 6 heteroatoms. The van der Waals surface area contributed by atoms with Crippen LogP contribution in [0.4, 0.5) is 0 Å². The topological polar surface area (TPSA) is 78.9 Å². The fraction of sp³-hybridized carbons (Fsp3) is 0.746. The molecule has 0 N–H and O–H groups in total. The number of carbonyl (C=O) groups is 3. The fourth-order valence-corrected chi connectivity index (χ4v) is 7.48. The number of rotatable bonds is 49. The van der Waals surface area contributed by atoms with Crippen LogP contribution in [0.2, 0.25) is 0 Å². The molecule has 0 heterocycles. The van der Waals surface area contributed by atoms with E-state index in [9.17, 15) is 14.4 Å². The Morgan fingerprint density at radius 3 is 0.969 bits per heavy atom. The Morgan fingerprint density at radius 1 is 0.308 bits per heavy atom. The van der Waals surface area contributed by atoms with Crippen LogP contribution < -0.4 is 0 Å². The van der Waals surface area contributed by atoms with Gasteiger partial charge in [0.25, 0.3) is 0 Å². The molecule has 0 saturated heterocycles. The number of hydrogen-bond acceptors (Lipinski definition) is 6. The summed E-state index contributed by atoms with van der Waals surface area (Å²) >= 11 is 0. The van der Waals surface area contributed by atoms with Crippen molar-refractivity contribution in [3.05, 3.63) is 72.9 Å². The second-order valence-electron chi connectivity index (χ2n) is 18.1. The Balaban J connectivity index is 4.47. The van der Waals surface area contributed by atoms with Gasteiger partial charge in [-0.1, -0.05) is 209 Å². The molecule has 0 aliphatic rings. The number of allylic oxidation sites excluding steroid dienone is 12. The van der Waals surface area contributed by atoms with Crippen LogP contribution in [0.25, 0.3) is 0 Å². The molecule has 0 fully saturated rings. The third kappa shape index (κ3) is 51.7. The van der Waals surface area contributed by atoms with Gasteiger partial charge in [0, 0.05) is 19.3 Å². The lowest BCUT2D eigenvalue weighted by atomic mass is 10.1. The van der Waals surface area contributed by atoms with Crippen molar-refractivity contribution in [1.29, 1.82) is 0 Å². The highest BCUT2D eigenvalue weighted by atomic mass is 16.6. The Morgan fingerprint density at radius 2 is 0.569 bits per heavy atom. The first kappa shape index (κ1) is 61.9. The summed E-state index contributed by atoms with van der Waals surface area (Å²) in [4.78, 5) is 38.0. The van der Waals surface area contributed by atoms with Gasteiger partial charge in [-0.3, -0.25) is 14.4 Å². The van der Waals surface area contributed by atoms with Gasteiger partial charge < -0.3 is 14.2 Å². The maximum Gasteiger partial charge on any atom is 0.306 e. The van der Waals surface area contributed by atoms with Gasteiger partial charge in [0.15, 0.2) is 6.10 Å². The van der Waals surface area contributed by atoms with E-state index in [4.69, 9.17) is 14.2 Å². The summed E-state index contributed by atoms with van der Waals surface area (Å²) in [5.74, 6) is -0.959. The lowest BCUT2D eigenvalue weighted by Gasteiger charge is -2.18. The Labute approximate surface area is 402 Å². The lowest BCUT2D eigenvalue weighted by Crippen LogP contribution is -2.30. The van der Waals surface area contributed by atoms with E-state index in [0.717, 1.165) is 64.2 Å². The molecule has 1 unspecified atom stereocenters. The largest absolute Gasteiger partial charge is 0.462 e. The van der Waals surface area contributed by atoms with E-state index in [0.29, 0.717) is 19.3 Å².